The molecule has 1 aromatic rings. The van der Waals surface area contributed by atoms with Crippen molar-refractivity contribution < 1.29 is 14.3 Å². The second kappa shape index (κ2) is 6.26. The molecule has 0 radical (unpaired) electrons. The average Bonchev–Trinajstić information content (AvgIpc) is 2.89. The van der Waals surface area contributed by atoms with Gasteiger partial charge in [-0.3, -0.25) is 14.3 Å². The molecule has 21 heavy (non-hydrogen) atoms. The van der Waals surface area contributed by atoms with Crippen LogP contribution in [0, 0.1) is 0 Å². The monoisotopic (exact) mass is 294 g/mol. The van der Waals surface area contributed by atoms with E-state index in [4.69, 9.17) is 4.74 Å². The predicted molar refractivity (Wildman–Crippen MR) is 77.9 cm³/mol. The van der Waals surface area contributed by atoms with Crippen molar-refractivity contribution in [3.05, 3.63) is 12.4 Å². The molecule has 2 heterocycles. The Labute approximate surface area is 124 Å². The second-order valence-corrected chi connectivity index (χ2v) is 5.40. The van der Waals surface area contributed by atoms with Gasteiger partial charge < -0.3 is 15.0 Å². The molecule has 1 aliphatic heterocycles. The summed E-state index contributed by atoms with van der Waals surface area (Å²) in [4.78, 5) is 26.2. The highest BCUT2D eigenvalue weighted by atomic mass is 16.5. The third-order valence-electron chi connectivity index (χ3n) is 3.86. The first-order valence-electron chi connectivity index (χ1n) is 7.14. The number of carbonyl (C=O) groups excluding carboxylic acids is 2. The molecule has 116 valence electrons. The minimum absolute atomic E-state index is 0.0952. The smallest absolute Gasteiger partial charge is 0.252 e. The van der Waals surface area contributed by atoms with E-state index in [2.05, 4.69) is 10.4 Å². The Kier molecular flexibility index (Phi) is 4.62. The Morgan fingerprint density at radius 3 is 2.90 bits per heavy atom. The minimum Gasteiger partial charge on any atom is -0.383 e. The summed E-state index contributed by atoms with van der Waals surface area (Å²) in [5.74, 6) is -0.191. The molecule has 1 saturated heterocycles. The fourth-order valence-corrected chi connectivity index (χ4v) is 2.32. The third-order valence-corrected chi connectivity index (χ3v) is 3.86. The highest BCUT2D eigenvalue weighted by molar-refractivity contribution is 6.03. The summed E-state index contributed by atoms with van der Waals surface area (Å²) in [5, 5.41) is 7.04. The number of ether oxygens (including phenoxy) is 1. The molecule has 7 heteroatoms. The Balaban J connectivity index is 2.22. The van der Waals surface area contributed by atoms with Crippen molar-refractivity contribution in [2.45, 2.75) is 38.8 Å². The summed E-state index contributed by atoms with van der Waals surface area (Å²) >= 11 is 0. The summed E-state index contributed by atoms with van der Waals surface area (Å²) < 4.78 is 6.74. The maximum atomic E-state index is 12.7. The highest BCUT2D eigenvalue weighted by Gasteiger charge is 2.39. The van der Waals surface area contributed by atoms with Crippen molar-refractivity contribution in [2.75, 3.05) is 25.2 Å². The molecule has 1 aliphatic rings. The molecule has 1 fully saturated rings. The first-order chi connectivity index (χ1) is 10.00. The van der Waals surface area contributed by atoms with Crippen molar-refractivity contribution in [1.82, 2.24) is 15.1 Å². The third kappa shape index (κ3) is 3.24. The molecule has 1 unspecified atom stereocenters. The molecule has 1 atom stereocenters. The zero-order chi connectivity index (χ0) is 15.5. The van der Waals surface area contributed by atoms with E-state index >= 15 is 0 Å². The lowest BCUT2D eigenvalue weighted by atomic mass is 9.97. The fraction of sp³-hybridized carbons (Fsp3) is 0.643. The maximum absolute atomic E-state index is 12.7. The molecule has 7 nitrogen and oxygen atoms in total. The van der Waals surface area contributed by atoms with Crippen molar-refractivity contribution >= 4 is 17.5 Å². The first kappa shape index (κ1) is 15.5. The Hall–Kier alpha value is -1.89. The zero-order valence-corrected chi connectivity index (χ0v) is 12.8. The number of nitrogens with one attached hydrogen (secondary N) is 1. The predicted octanol–water partition coefficient (Wildman–Crippen LogP) is 0.551. The topological polar surface area (TPSA) is 76.5 Å². The first-order valence-corrected chi connectivity index (χ1v) is 7.14. The van der Waals surface area contributed by atoms with Gasteiger partial charge >= 0.3 is 0 Å². The van der Waals surface area contributed by atoms with Gasteiger partial charge in [0.1, 0.15) is 5.54 Å². The van der Waals surface area contributed by atoms with E-state index in [1.54, 1.807) is 29.8 Å². The van der Waals surface area contributed by atoms with Crippen molar-refractivity contribution in [1.29, 1.82) is 0 Å². The van der Waals surface area contributed by atoms with Crippen LogP contribution in [0.3, 0.4) is 0 Å². The van der Waals surface area contributed by atoms with E-state index in [1.165, 1.54) is 0 Å². The Morgan fingerprint density at radius 1 is 1.48 bits per heavy atom. The lowest BCUT2D eigenvalue weighted by molar-refractivity contribution is -0.129. The van der Waals surface area contributed by atoms with Crippen LogP contribution in [-0.2, 0) is 20.9 Å². The number of nitrogens with zero attached hydrogens (tertiary/aromatic N) is 3. The molecular formula is C14H22N4O3. The largest absolute Gasteiger partial charge is 0.383 e. The van der Waals surface area contributed by atoms with Crippen LogP contribution >= 0.6 is 0 Å². The standard InChI is InChI=1S/C14H22N4O3/c1-4-14(2)13(20)18(6-5-12(19)16-14)11-9-15-17(10-11)7-8-21-3/h9-10H,4-8H2,1-3H3,(H,16,19). The molecule has 0 spiro atoms. The molecule has 1 aromatic heterocycles. The van der Waals surface area contributed by atoms with Gasteiger partial charge in [-0.25, -0.2) is 0 Å². The fourth-order valence-electron chi connectivity index (χ4n) is 2.32. The van der Waals surface area contributed by atoms with Crippen LogP contribution in [0.5, 0.6) is 0 Å². The quantitative estimate of drug-likeness (QED) is 0.860. The van der Waals surface area contributed by atoms with Gasteiger partial charge in [0.15, 0.2) is 0 Å². The molecule has 0 aromatic carbocycles. The van der Waals surface area contributed by atoms with Crippen molar-refractivity contribution in [3.8, 4) is 0 Å². The summed E-state index contributed by atoms with van der Waals surface area (Å²) in [7, 11) is 1.63. The van der Waals surface area contributed by atoms with Gasteiger partial charge in [-0.1, -0.05) is 6.92 Å². The van der Waals surface area contributed by atoms with Gasteiger partial charge in [-0.15, -0.1) is 0 Å². The normalized spacial score (nSPS) is 23.1. The number of hydrogen-bond acceptors (Lipinski definition) is 4. The van der Waals surface area contributed by atoms with E-state index in [0.29, 0.717) is 38.2 Å². The molecule has 0 aliphatic carbocycles. The van der Waals surface area contributed by atoms with E-state index in [1.807, 2.05) is 13.1 Å². The number of hydrogen-bond donors (Lipinski definition) is 1. The lowest BCUT2D eigenvalue weighted by Gasteiger charge is -2.30. The number of methoxy groups -OCH3 is 1. The van der Waals surface area contributed by atoms with Crippen LogP contribution in [0.2, 0.25) is 0 Å². The maximum Gasteiger partial charge on any atom is 0.252 e. The molecule has 0 saturated carbocycles. The van der Waals surface area contributed by atoms with Crippen LogP contribution in [0.15, 0.2) is 12.4 Å². The Morgan fingerprint density at radius 2 is 2.24 bits per heavy atom. The number of carbonyl (C=O) groups is 2. The number of rotatable bonds is 5. The SMILES string of the molecule is CCC1(C)NC(=O)CCN(c2cnn(CCOC)c2)C1=O. The lowest BCUT2D eigenvalue weighted by Crippen LogP contribution is -2.54. The van der Waals surface area contributed by atoms with Gasteiger partial charge in [0.2, 0.25) is 5.91 Å². The van der Waals surface area contributed by atoms with E-state index in [9.17, 15) is 9.59 Å². The Bertz CT molecular complexity index is 528. The van der Waals surface area contributed by atoms with Gasteiger partial charge in [0, 0.05) is 26.3 Å². The molecule has 2 rings (SSSR count). The number of aromatic nitrogens is 2. The van der Waals surface area contributed by atoms with Gasteiger partial charge in [-0.2, -0.15) is 5.10 Å². The summed E-state index contributed by atoms with van der Waals surface area (Å²) in [6.45, 7) is 5.21. The molecule has 1 N–H and O–H groups in total. The number of anilines is 1. The van der Waals surface area contributed by atoms with Crippen LogP contribution in [0.4, 0.5) is 5.69 Å². The van der Waals surface area contributed by atoms with Crippen LogP contribution in [-0.4, -0.2) is 47.4 Å². The summed E-state index contributed by atoms with van der Waals surface area (Å²) in [6, 6.07) is 0. The molecule has 0 bridgehead atoms. The molecule has 2 amide bonds. The average molecular weight is 294 g/mol. The summed E-state index contributed by atoms with van der Waals surface area (Å²) in [5.41, 5.74) is -0.144. The van der Waals surface area contributed by atoms with E-state index in [0.717, 1.165) is 0 Å². The zero-order valence-electron chi connectivity index (χ0n) is 12.8. The van der Waals surface area contributed by atoms with Gasteiger partial charge in [0.25, 0.3) is 5.91 Å². The second-order valence-electron chi connectivity index (χ2n) is 5.40. The van der Waals surface area contributed by atoms with E-state index in [-0.39, 0.29) is 11.8 Å². The van der Waals surface area contributed by atoms with Gasteiger partial charge in [0.05, 0.1) is 25.0 Å². The van der Waals surface area contributed by atoms with Crippen LogP contribution < -0.4 is 10.2 Å². The number of amides is 2. The summed E-state index contributed by atoms with van der Waals surface area (Å²) in [6.07, 6.45) is 4.30. The van der Waals surface area contributed by atoms with Gasteiger partial charge in [-0.05, 0) is 13.3 Å². The van der Waals surface area contributed by atoms with Crippen molar-refractivity contribution in [3.63, 3.8) is 0 Å². The minimum atomic E-state index is -0.859. The van der Waals surface area contributed by atoms with E-state index < -0.39 is 5.54 Å². The molecular weight excluding hydrogens is 272 g/mol. The van der Waals surface area contributed by atoms with Crippen LogP contribution in [0.1, 0.15) is 26.7 Å². The highest BCUT2D eigenvalue weighted by Crippen LogP contribution is 2.23. The van der Waals surface area contributed by atoms with Crippen LogP contribution in [0.25, 0.3) is 0 Å². The van der Waals surface area contributed by atoms with Crippen molar-refractivity contribution in [2.24, 2.45) is 0 Å².